The van der Waals surface area contributed by atoms with Crippen LogP contribution >= 0.6 is 11.8 Å². The molecule has 2 atom stereocenters. The SMILES string of the molecule is C=C(CCCC)CC1N=C(C)SC1C. The van der Waals surface area contributed by atoms with E-state index in [1.54, 1.807) is 0 Å². The molecular formula is C12H21NS. The van der Waals surface area contributed by atoms with Gasteiger partial charge in [-0.25, -0.2) is 0 Å². The van der Waals surface area contributed by atoms with Crippen LogP contribution in [0, 0.1) is 0 Å². The second kappa shape index (κ2) is 5.59. The second-order valence-corrected chi connectivity index (χ2v) is 5.67. The van der Waals surface area contributed by atoms with E-state index in [-0.39, 0.29) is 0 Å². The van der Waals surface area contributed by atoms with E-state index in [1.165, 1.54) is 29.9 Å². The first-order valence-electron chi connectivity index (χ1n) is 5.51. The maximum Gasteiger partial charge on any atom is 0.0665 e. The monoisotopic (exact) mass is 211 g/mol. The second-order valence-electron chi connectivity index (χ2n) is 4.10. The molecule has 0 N–H and O–H groups in total. The van der Waals surface area contributed by atoms with Crippen molar-refractivity contribution < 1.29 is 0 Å². The first-order valence-corrected chi connectivity index (χ1v) is 6.39. The van der Waals surface area contributed by atoms with Gasteiger partial charge in [0.05, 0.1) is 11.1 Å². The zero-order chi connectivity index (χ0) is 10.6. The van der Waals surface area contributed by atoms with E-state index in [0.717, 1.165) is 6.42 Å². The van der Waals surface area contributed by atoms with Gasteiger partial charge in [-0.05, 0) is 26.2 Å². The van der Waals surface area contributed by atoms with E-state index in [1.807, 2.05) is 11.8 Å². The summed E-state index contributed by atoms with van der Waals surface area (Å²) >= 11 is 1.90. The minimum atomic E-state index is 0.490. The highest BCUT2D eigenvalue weighted by Gasteiger charge is 2.24. The molecule has 2 unspecified atom stereocenters. The molecule has 1 rings (SSSR count). The van der Waals surface area contributed by atoms with E-state index in [2.05, 4.69) is 32.3 Å². The molecule has 0 fully saturated rings. The summed E-state index contributed by atoms with van der Waals surface area (Å²) in [5.74, 6) is 0. The van der Waals surface area contributed by atoms with Crippen molar-refractivity contribution in [3.05, 3.63) is 12.2 Å². The molecule has 0 aromatic heterocycles. The summed E-state index contributed by atoms with van der Waals surface area (Å²) in [4.78, 5) is 4.64. The molecule has 80 valence electrons. The molecule has 2 heteroatoms. The van der Waals surface area contributed by atoms with Gasteiger partial charge in [-0.3, -0.25) is 4.99 Å². The van der Waals surface area contributed by atoms with Crippen LogP contribution in [0.3, 0.4) is 0 Å². The molecule has 14 heavy (non-hydrogen) atoms. The number of hydrogen-bond donors (Lipinski definition) is 0. The maximum atomic E-state index is 4.64. The summed E-state index contributed by atoms with van der Waals surface area (Å²) in [7, 11) is 0. The summed E-state index contributed by atoms with van der Waals surface area (Å²) in [6.45, 7) is 10.7. The Morgan fingerprint density at radius 1 is 1.57 bits per heavy atom. The molecule has 1 nitrogen and oxygen atoms in total. The highest BCUT2D eigenvalue weighted by atomic mass is 32.2. The van der Waals surface area contributed by atoms with Gasteiger partial charge in [0.25, 0.3) is 0 Å². The minimum Gasteiger partial charge on any atom is -0.278 e. The van der Waals surface area contributed by atoms with Gasteiger partial charge in [-0.15, -0.1) is 11.8 Å². The van der Waals surface area contributed by atoms with Gasteiger partial charge in [0.2, 0.25) is 0 Å². The van der Waals surface area contributed by atoms with Crippen LogP contribution in [0.25, 0.3) is 0 Å². The molecule has 0 saturated heterocycles. The molecule has 0 spiro atoms. The Kier molecular flexibility index (Phi) is 4.73. The van der Waals surface area contributed by atoms with Crippen LogP contribution < -0.4 is 0 Å². The Labute approximate surface area is 92.1 Å². The lowest BCUT2D eigenvalue weighted by atomic mass is 10.0. The smallest absolute Gasteiger partial charge is 0.0665 e. The van der Waals surface area contributed by atoms with Gasteiger partial charge in [-0.1, -0.05) is 32.4 Å². The molecule has 0 aromatic carbocycles. The zero-order valence-electron chi connectivity index (χ0n) is 9.55. The third kappa shape index (κ3) is 3.49. The Balaban J connectivity index is 2.33. The maximum absolute atomic E-state index is 4.64. The number of thioether (sulfide) groups is 1. The predicted octanol–water partition coefficient (Wildman–Crippen LogP) is 4.05. The molecule has 0 aliphatic carbocycles. The van der Waals surface area contributed by atoms with Crippen LogP contribution in [0.1, 0.15) is 46.5 Å². The van der Waals surface area contributed by atoms with Crippen molar-refractivity contribution in [3.63, 3.8) is 0 Å². The zero-order valence-corrected chi connectivity index (χ0v) is 10.4. The third-order valence-corrected chi connectivity index (χ3v) is 3.76. The van der Waals surface area contributed by atoms with E-state index < -0.39 is 0 Å². The molecule has 1 aliphatic rings. The lowest BCUT2D eigenvalue weighted by Gasteiger charge is -2.13. The van der Waals surface area contributed by atoms with Crippen molar-refractivity contribution in [1.29, 1.82) is 0 Å². The van der Waals surface area contributed by atoms with Gasteiger partial charge in [0.1, 0.15) is 0 Å². The highest BCUT2D eigenvalue weighted by molar-refractivity contribution is 8.14. The minimum absolute atomic E-state index is 0.490. The molecule has 1 aliphatic heterocycles. The summed E-state index contributed by atoms with van der Waals surface area (Å²) in [6, 6.07) is 0.490. The summed E-state index contributed by atoms with van der Waals surface area (Å²) < 4.78 is 0. The lowest BCUT2D eigenvalue weighted by Crippen LogP contribution is -2.14. The number of aliphatic imine (C=N–C) groups is 1. The van der Waals surface area contributed by atoms with E-state index in [0.29, 0.717) is 11.3 Å². The number of unbranched alkanes of at least 4 members (excludes halogenated alkanes) is 1. The first kappa shape index (κ1) is 11.8. The van der Waals surface area contributed by atoms with Crippen LogP contribution in [0.2, 0.25) is 0 Å². The van der Waals surface area contributed by atoms with Crippen molar-refractivity contribution in [2.45, 2.75) is 57.7 Å². The van der Waals surface area contributed by atoms with Crippen molar-refractivity contribution in [2.24, 2.45) is 4.99 Å². The van der Waals surface area contributed by atoms with Crippen molar-refractivity contribution in [1.82, 2.24) is 0 Å². The van der Waals surface area contributed by atoms with Gasteiger partial charge in [-0.2, -0.15) is 0 Å². The molecule has 0 radical (unpaired) electrons. The Morgan fingerprint density at radius 2 is 2.29 bits per heavy atom. The Morgan fingerprint density at radius 3 is 2.79 bits per heavy atom. The largest absolute Gasteiger partial charge is 0.278 e. The molecule has 0 aromatic rings. The summed E-state index contributed by atoms with van der Waals surface area (Å²) in [6.07, 6.45) is 4.80. The topological polar surface area (TPSA) is 12.4 Å². The Bertz CT molecular complexity index is 232. The van der Waals surface area contributed by atoms with E-state index >= 15 is 0 Å². The standard InChI is InChI=1S/C12H21NS/c1-5-6-7-9(2)8-12-10(3)14-11(4)13-12/h10,12H,2,5-8H2,1,3-4H3. The van der Waals surface area contributed by atoms with E-state index in [4.69, 9.17) is 0 Å². The van der Waals surface area contributed by atoms with Crippen LogP contribution in [0.15, 0.2) is 17.1 Å². The van der Waals surface area contributed by atoms with Crippen molar-refractivity contribution in [3.8, 4) is 0 Å². The van der Waals surface area contributed by atoms with Crippen LogP contribution in [0.5, 0.6) is 0 Å². The van der Waals surface area contributed by atoms with Crippen LogP contribution in [0.4, 0.5) is 0 Å². The van der Waals surface area contributed by atoms with Crippen molar-refractivity contribution in [2.75, 3.05) is 0 Å². The van der Waals surface area contributed by atoms with Gasteiger partial charge in [0, 0.05) is 5.25 Å². The third-order valence-electron chi connectivity index (χ3n) is 2.63. The van der Waals surface area contributed by atoms with Gasteiger partial charge < -0.3 is 0 Å². The van der Waals surface area contributed by atoms with Crippen molar-refractivity contribution >= 4 is 16.8 Å². The molecule has 1 heterocycles. The lowest BCUT2D eigenvalue weighted by molar-refractivity contribution is 0.642. The average Bonchev–Trinajstić information content (AvgIpc) is 2.42. The van der Waals surface area contributed by atoms with E-state index in [9.17, 15) is 0 Å². The highest BCUT2D eigenvalue weighted by Crippen LogP contribution is 2.30. The average molecular weight is 211 g/mol. The van der Waals surface area contributed by atoms with Gasteiger partial charge >= 0.3 is 0 Å². The molecule has 0 saturated carbocycles. The number of rotatable bonds is 5. The quantitative estimate of drug-likeness (QED) is 0.625. The predicted molar refractivity (Wildman–Crippen MR) is 67.2 cm³/mol. The number of hydrogen-bond acceptors (Lipinski definition) is 2. The fourth-order valence-electron chi connectivity index (χ4n) is 1.75. The fraction of sp³-hybridized carbons (Fsp3) is 0.750. The molecule has 0 amide bonds. The van der Waals surface area contributed by atoms with Crippen LogP contribution in [-0.2, 0) is 0 Å². The first-order chi connectivity index (χ1) is 6.63. The fourth-order valence-corrected chi connectivity index (χ4v) is 2.80. The van der Waals surface area contributed by atoms with Crippen LogP contribution in [-0.4, -0.2) is 16.3 Å². The Hall–Kier alpha value is -0.240. The van der Waals surface area contributed by atoms with Gasteiger partial charge in [0.15, 0.2) is 0 Å². The molecular weight excluding hydrogens is 190 g/mol. The normalized spacial score (nSPS) is 26.4. The molecule has 0 bridgehead atoms. The summed E-state index contributed by atoms with van der Waals surface area (Å²) in [5.41, 5.74) is 1.38. The summed E-state index contributed by atoms with van der Waals surface area (Å²) in [5, 5.41) is 1.89. The number of nitrogens with zero attached hydrogens (tertiary/aromatic N) is 1.